The first-order valence-electron chi connectivity index (χ1n) is 5.81. The first-order valence-corrected chi connectivity index (χ1v) is 5.81. The minimum absolute atomic E-state index is 0.308. The van der Waals surface area contributed by atoms with E-state index in [2.05, 4.69) is 6.58 Å². The Labute approximate surface area is 102 Å². The highest BCUT2D eigenvalue weighted by Gasteiger charge is 2.42. The molecule has 2 aliphatic heterocycles. The molecule has 17 heavy (non-hydrogen) atoms. The number of ether oxygens (including phenoxy) is 1. The second kappa shape index (κ2) is 3.62. The molecule has 1 aromatic carbocycles. The van der Waals surface area contributed by atoms with Gasteiger partial charge in [0, 0.05) is 5.46 Å². The molecule has 88 valence electrons. The molecule has 0 unspecified atom stereocenters. The molecule has 1 aromatic rings. The molecule has 3 nitrogen and oxygen atoms in total. The lowest BCUT2D eigenvalue weighted by Crippen LogP contribution is -2.40. The molecule has 0 saturated heterocycles. The minimum atomic E-state index is -0.334. The molecule has 0 aromatic heterocycles. The van der Waals surface area contributed by atoms with E-state index in [4.69, 9.17) is 14.0 Å². The van der Waals surface area contributed by atoms with Crippen molar-refractivity contribution < 1.29 is 14.0 Å². The quantitative estimate of drug-likeness (QED) is 0.688. The summed E-state index contributed by atoms with van der Waals surface area (Å²) in [6.07, 6.45) is 1.84. The van der Waals surface area contributed by atoms with Crippen LogP contribution in [-0.4, -0.2) is 19.3 Å². The van der Waals surface area contributed by atoms with Crippen molar-refractivity contribution >= 4 is 18.7 Å². The van der Waals surface area contributed by atoms with E-state index < -0.39 is 0 Å². The molecule has 2 heterocycles. The summed E-state index contributed by atoms with van der Waals surface area (Å²) in [5, 5.41) is 0. The van der Waals surface area contributed by atoms with Gasteiger partial charge in [0.15, 0.2) is 0 Å². The van der Waals surface area contributed by atoms with Crippen molar-refractivity contribution in [2.75, 3.05) is 6.61 Å². The van der Waals surface area contributed by atoms with E-state index in [0.29, 0.717) is 13.2 Å². The van der Waals surface area contributed by atoms with Gasteiger partial charge in [-0.1, -0.05) is 18.7 Å². The number of benzene rings is 1. The van der Waals surface area contributed by atoms with Crippen LogP contribution in [0, 0.1) is 0 Å². The number of hydrogen-bond donors (Lipinski definition) is 0. The smallest absolute Gasteiger partial charge is 0.491 e. The van der Waals surface area contributed by atoms with Crippen LogP contribution in [0.1, 0.15) is 25.0 Å². The van der Waals surface area contributed by atoms with Crippen molar-refractivity contribution in [2.24, 2.45) is 0 Å². The van der Waals surface area contributed by atoms with Crippen molar-refractivity contribution in [1.29, 1.82) is 0 Å². The van der Waals surface area contributed by atoms with E-state index in [0.717, 1.165) is 22.3 Å². The van der Waals surface area contributed by atoms with Gasteiger partial charge in [-0.2, -0.15) is 0 Å². The van der Waals surface area contributed by atoms with Gasteiger partial charge in [0.1, 0.15) is 12.4 Å². The highest BCUT2D eigenvalue weighted by Crippen LogP contribution is 2.29. The minimum Gasteiger partial charge on any atom is -0.491 e. The van der Waals surface area contributed by atoms with E-state index in [9.17, 15) is 0 Å². The molecular weight excluding hydrogens is 215 g/mol. The third-order valence-electron chi connectivity index (χ3n) is 3.19. The highest BCUT2D eigenvalue weighted by atomic mass is 16.6. The van der Waals surface area contributed by atoms with Crippen molar-refractivity contribution in [2.45, 2.75) is 26.1 Å². The van der Waals surface area contributed by atoms with Gasteiger partial charge in [0.2, 0.25) is 0 Å². The normalized spacial score (nSPS) is 20.5. The van der Waals surface area contributed by atoms with Crippen LogP contribution in [0.2, 0.25) is 0 Å². The summed E-state index contributed by atoms with van der Waals surface area (Å²) in [5.74, 6) is 0.874. The third-order valence-corrected chi connectivity index (χ3v) is 3.19. The van der Waals surface area contributed by atoms with E-state index in [1.807, 2.05) is 32.1 Å². The van der Waals surface area contributed by atoms with Gasteiger partial charge < -0.3 is 14.0 Å². The summed E-state index contributed by atoms with van der Waals surface area (Å²) < 4.78 is 17.5. The Morgan fingerprint density at radius 1 is 1.41 bits per heavy atom. The molecule has 0 amide bonds. The maximum absolute atomic E-state index is 5.94. The average molecular weight is 230 g/mol. The first-order chi connectivity index (χ1) is 8.11. The zero-order valence-corrected chi connectivity index (χ0v) is 10.2. The van der Waals surface area contributed by atoms with E-state index in [1.165, 1.54) is 0 Å². The van der Waals surface area contributed by atoms with Crippen LogP contribution >= 0.6 is 0 Å². The Balaban J connectivity index is 2.13. The fourth-order valence-corrected chi connectivity index (χ4v) is 2.31. The molecule has 4 heteroatoms. The topological polar surface area (TPSA) is 27.7 Å². The lowest BCUT2D eigenvalue weighted by Gasteiger charge is -2.24. The first kappa shape index (κ1) is 10.9. The number of hydrogen-bond acceptors (Lipinski definition) is 3. The predicted octanol–water partition coefficient (Wildman–Crippen LogP) is 1.74. The second-order valence-electron chi connectivity index (χ2n) is 5.06. The van der Waals surface area contributed by atoms with Gasteiger partial charge in [-0.25, -0.2) is 0 Å². The molecule has 0 radical (unpaired) electrons. The Bertz CT molecular complexity index is 482. The summed E-state index contributed by atoms with van der Waals surface area (Å²) in [6, 6.07) is 3.99. The molecule has 2 aliphatic rings. The average Bonchev–Trinajstić information content (AvgIpc) is 2.64. The molecule has 3 rings (SSSR count). The Hall–Kier alpha value is -1.26. The molecule has 0 N–H and O–H groups in total. The molecule has 0 atom stereocenters. The fraction of sp³-hybridized carbons (Fsp3) is 0.385. The second-order valence-corrected chi connectivity index (χ2v) is 5.06. The highest BCUT2D eigenvalue weighted by molar-refractivity contribution is 6.64. The maximum Gasteiger partial charge on any atom is 0.498 e. The number of rotatable bonds is 1. The monoisotopic (exact) mass is 230 g/mol. The lowest BCUT2D eigenvalue weighted by molar-refractivity contribution is 0.0352. The van der Waals surface area contributed by atoms with Crippen LogP contribution in [0.25, 0.3) is 6.08 Å². The summed E-state index contributed by atoms with van der Waals surface area (Å²) in [4.78, 5) is 0. The Morgan fingerprint density at radius 2 is 2.24 bits per heavy atom. The molecule has 0 spiro atoms. The third kappa shape index (κ3) is 1.68. The van der Waals surface area contributed by atoms with Crippen LogP contribution in [-0.2, 0) is 15.9 Å². The van der Waals surface area contributed by atoms with Crippen LogP contribution in [0.15, 0.2) is 18.7 Å². The van der Waals surface area contributed by atoms with Crippen molar-refractivity contribution in [3.05, 3.63) is 29.8 Å². The van der Waals surface area contributed by atoms with Gasteiger partial charge in [-0.15, -0.1) is 0 Å². The summed E-state index contributed by atoms with van der Waals surface area (Å²) in [6.45, 7) is 8.94. The van der Waals surface area contributed by atoms with Crippen LogP contribution in [0.5, 0.6) is 5.75 Å². The molecular formula is C13H15BO3. The van der Waals surface area contributed by atoms with Gasteiger partial charge in [0.05, 0.1) is 12.2 Å². The largest absolute Gasteiger partial charge is 0.498 e. The summed E-state index contributed by atoms with van der Waals surface area (Å²) >= 11 is 0. The molecule has 0 saturated carbocycles. The Kier molecular flexibility index (Phi) is 2.31. The van der Waals surface area contributed by atoms with Crippen LogP contribution in [0.3, 0.4) is 0 Å². The standard InChI is InChI=1S/C13H15BO3/c1-4-9-5-6-11-12-10(9)7-16-14(12)17-13(2,3)8-15-11/h4-6H,1,7-8H2,2-3H3. The lowest BCUT2D eigenvalue weighted by atomic mass is 9.76. The maximum atomic E-state index is 5.94. The Morgan fingerprint density at radius 3 is 3.00 bits per heavy atom. The van der Waals surface area contributed by atoms with E-state index in [1.54, 1.807) is 0 Å². The van der Waals surface area contributed by atoms with E-state index in [-0.39, 0.29) is 12.7 Å². The van der Waals surface area contributed by atoms with Crippen molar-refractivity contribution in [3.63, 3.8) is 0 Å². The fourth-order valence-electron chi connectivity index (χ4n) is 2.31. The van der Waals surface area contributed by atoms with Gasteiger partial charge in [0.25, 0.3) is 0 Å². The zero-order valence-electron chi connectivity index (χ0n) is 10.2. The van der Waals surface area contributed by atoms with Gasteiger partial charge >= 0.3 is 7.12 Å². The van der Waals surface area contributed by atoms with Crippen molar-refractivity contribution in [1.82, 2.24) is 0 Å². The zero-order chi connectivity index (χ0) is 12.0. The molecule has 0 fully saturated rings. The summed E-state index contributed by atoms with van der Waals surface area (Å²) in [7, 11) is -0.308. The van der Waals surface area contributed by atoms with Crippen LogP contribution < -0.4 is 10.2 Å². The van der Waals surface area contributed by atoms with Crippen molar-refractivity contribution in [3.8, 4) is 5.75 Å². The van der Waals surface area contributed by atoms with Gasteiger partial charge in [-0.3, -0.25) is 0 Å². The SMILES string of the molecule is C=Cc1ccc2c3c1COB3OC(C)(C)CO2. The van der Waals surface area contributed by atoms with Crippen LogP contribution in [0.4, 0.5) is 0 Å². The molecule has 0 bridgehead atoms. The summed E-state index contributed by atoms with van der Waals surface area (Å²) in [5.41, 5.74) is 2.94. The predicted molar refractivity (Wildman–Crippen MR) is 67.4 cm³/mol. The van der Waals surface area contributed by atoms with Gasteiger partial charge in [-0.05, 0) is 31.0 Å². The molecule has 0 aliphatic carbocycles. The van der Waals surface area contributed by atoms with E-state index >= 15 is 0 Å².